The Hall–Kier alpha value is -2.06. The fourth-order valence-electron chi connectivity index (χ4n) is 3.14. The third-order valence-corrected chi connectivity index (χ3v) is 5.85. The van der Waals surface area contributed by atoms with Crippen molar-refractivity contribution in [2.75, 3.05) is 18.9 Å². The van der Waals surface area contributed by atoms with Gasteiger partial charge in [-0.05, 0) is 19.0 Å². The molecule has 26 heavy (non-hydrogen) atoms. The lowest BCUT2D eigenvalue weighted by Gasteiger charge is -2.30. The Morgan fingerprint density at radius 1 is 1.73 bits per heavy atom. The number of aromatic nitrogens is 3. The molecule has 4 heterocycles. The number of nitrogen functional groups attached to an aromatic ring is 1. The average molecular weight is 382 g/mol. The van der Waals surface area contributed by atoms with Crippen LogP contribution in [-0.4, -0.2) is 51.2 Å². The van der Waals surface area contributed by atoms with Gasteiger partial charge in [-0.3, -0.25) is 13.6 Å². The molecule has 0 radical (unpaired) electrons. The number of phosphoric acid groups is 1. The van der Waals surface area contributed by atoms with E-state index in [0.29, 0.717) is 0 Å². The van der Waals surface area contributed by atoms with Crippen LogP contribution in [0.3, 0.4) is 0 Å². The van der Waals surface area contributed by atoms with Crippen molar-refractivity contribution in [3.8, 4) is 6.07 Å². The highest BCUT2D eigenvalue weighted by molar-refractivity contribution is 7.48. The molecule has 2 aliphatic rings. The first-order valence-corrected chi connectivity index (χ1v) is 9.25. The Balaban J connectivity index is 1.80. The van der Waals surface area contributed by atoms with Crippen molar-refractivity contribution in [1.29, 1.82) is 5.26 Å². The number of nitriles is 1. The average Bonchev–Trinajstić information content (AvgIpc) is 3.12. The summed E-state index contributed by atoms with van der Waals surface area (Å²) < 4.78 is 43.0. The van der Waals surface area contributed by atoms with Crippen LogP contribution >= 0.6 is 7.82 Å². The lowest BCUT2D eigenvalue weighted by Crippen LogP contribution is -2.43. The Labute approximate surface area is 149 Å². The minimum absolute atomic E-state index is 0.0412. The molecular formula is C14H16N5O6P. The SMILES string of the molecule is [2H]c1cc([C@]2(C#N)O[C@@H]3CO[P@](=O)(OCC)O[C@H]3[C@H]2O)n2ncnc(N)c12. The highest BCUT2D eigenvalue weighted by atomic mass is 31.2. The van der Waals surface area contributed by atoms with Crippen molar-refractivity contribution < 1.29 is 29.4 Å². The van der Waals surface area contributed by atoms with E-state index in [-0.39, 0.29) is 36.3 Å². The summed E-state index contributed by atoms with van der Waals surface area (Å²) in [6, 6.07) is 3.21. The summed E-state index contributed by atoms with van der Waals surface area (Å²) in [4.78, 5) is 3.83. The molecule has 3 N–H and O–H groups in total. The maximum atomic E-state index is 12.4. The molecule has 0 spiro atoms. The molecule has 0 saturated carbocycles. The van der Waals surface area contributed by atoms with Gasteiger partial charge in [0.1, 0.15) is 36.2 Å². The zero-order chi connectivity index (χ0) is 19.4. The number of nitrogens with two attached hydrogens (primary N) is 1. The third-order valence-electron chi connectivity index (χ3n) is 4.31. The first-order chi connectivity index (χ1) is 12.8. The van der Waals surface area contributed by atoms with Crippen LogP contribution in [0.25, 0.3) is 5.52 Å². The first kappa shape index (κ1) is 16.1. The van der Waals surface area contributed by atoms with E-state index in [0.717, 1.165) is 6.33 Å². The summed E-state index contributed by atoms with van der Waals surface area (Å²) in [7, 11) is -3.87. The van der Waals surface area contributed by atoms with E-state index in [2.05, 4.69) is 10.1 Å². The van der Waals surface area contributed by atoms with Gasteiger partial charge in [-0.1, -0.05) is 0 Å². The van der Waals surface area contributed by atoms with Crippen LogP contribution in [0.2, 0.25) is 0 Å². The number of phosphoric ester groups is 1. The van der Waals surface area contributed by atoms with E-state index in [1.807, 2.05) is 6.07 Å². The van der Waals surface area contributed by atoms with Crippen molar-refractivity contribution in [2.45, 2.75) is 30.8 Å². The van der Waals surface area contributed by atoms with Gasteiger partial charge >= 0.3 is 7.82 Å². The molecule has 0 aliphatic carbocycles. The quantitative estimate of drug-likeness (QED) is 0.711. The number of hydrogen-bond acceptors (Lipinski definition) is 10. The first-order valence-electron chi connectivity index (χ1n) is 8.29. The molecule has 0 aromatic carbocycles. The largest absolute Gasteiger partial charge is 0.475 e. The Morgan fingerprint density at radius 2 is 2.54 bits per heavy atom. The minimum Gasteiger partial charge on any atom is -0.386 e. The van der Waals surface area contributed by atoms with Crippen LogP contribution in [-0.2, 0) is 28.5 Å². The van der Waals surface area contributed by atoms with E-state index < -0.39 is 31.7 Å². The number of hydrogen-bond donors (Lipinski definition) is 2. The molecule has 0 amide bonds. The topological polar surface area (TPSA) is 154 Å². The number of fused-ring (bicyclic) bond motifs is 2. The Morgan fingerprint density at radius 3 is 3.27 bits per heavy atom. The summed E-state index contributed by atoms with van der Waals surface area (Å²) in [5.74, 6) is 0.0414. The molecule has 4 rings (SSSR count). The lowest BCUT2D eigenvalue weighted by molar-refractivity contribution is -0.0772. The maximum Gasteiger partial charge on any atom is 0.475 e. The molecule has 2 saturated heterocycles. The predicted octanol–water partition coefficient (Wildman–Crippen LogP) is 0.350. The van der Waals surface area contributed by atoms with Crippen LogP contribution in [0.1, 0.15) is 14.0 Å². The van der Waals surface area contributed by atoms with Gasteiger partial charge in [0, 0.05) is 0 Å². The van der Waals surface area contributed by atoms with Crippen molar-refractivity contribution in [1.82, 2.24) is 14.6 Å². The fraction of sp³-hybridized carbons (Fsp3) is 0.500. The van der Waals surface area contributed by atoms with Gasteiger partial charge in [-0.25, -0.2) is 14.1 Å². The summed E-state index contributed by atoms with van der Waals surface area (Å²) >= 11 is 0. The molecule has 2 aliphatic heterocycles. The molecule has 0 unspecified atom stereocenters. The van der Waals surface area contributed by atoms with Crippen molar-refractivity contribution >= 4 is 19.2 Å². The molecule has 11 nitrogen and oxygen atoms in total. The van der Waals surface area contributed by atoms with E-state index in [1.165, 1.54) is 10.6 Å². The van der Waals surface area contributed by atoms with Crippen molar-refractivity contribution in [2.24, 2.45) is 0 Å². The van der Waals surface area contributed by atoms with Gasteiger partial charge in [0.05, 0.1) is 20.3 Å². The van der Waals surface area contributed by atoms with Gasteiger partial charge < -0.3 is 15.6 Å². The molecule has 2 fully saturated rings. The van der Waals surface area contributed by atoms with Crippen molar-refractivity contribution in [3.05, 3.63) is 24.1 Å². The van der Waals surface area contributed by atoms with E-state index in [4.69, 9.17) is 25.4 Å². The second kappa shape index (κ2) is 5.99. The standard InChI is InChI=1S/C14H16N5O6P/c1-2-22-26(21)23-5-9-11(25-26)12(20)14(6-15,24-9)10-4-3-8-13(16)17-7-18-19(8)10/h3-4,7,9,11-12,20H,2,5H2,1H3,(H2,16,17,18)/t9-,11-,12-,14+,26+/m1/s1/i3D. The van der Waals surface area contributed by atoms with Gasteiger partial charge in [0.25, 0.3) is 0 Å². The zero-order valence-electron chi connectivity index (χ0n) is 14.6. The van der Waals surface area contributed by atoms with Gasteiger partial charge in [-0.2, -0.15) is 10.4 Å². The fourth-order valence-corrected chi connectivity index (χ4v) is 4.53. The maximum absolute atomic E-state index is 12.4. The second-order valence-corrected chi connectivity index (χ2v) is 7.38. The van der Waals surface area contributed by atoms with Crippen LogP contribution in [0.15, 0.2) is 18.4 Å². The monoisotopic (exact) mass is 382 g/mol. The van der Waals surface area contributed by atoms with Crippen LogP contribution in [0.5, 0.6) is 0 Å². The molecular weight excluding hydrogens is 365 g/mol. The number of aliphatic hydroxyl groups excluding tert-OH is 1. The number of ether oxygens (including phenoxy) is 1. The van der Waals surface area contributed by atoms with E-state index >= 15 is 0 Å². The molecule has 2 aromatic heterocycles. The summed E-state index contributed by atoms with van der Waals surface area (Å²) in [5.41, 5.74) is 4.11. The van der Waals surface area contributed by atoms with Crippen molar-refractivity contribution in [3.63, 3.8) is 0 Å². The van der Waals surface area contributed by atoms with Gasteiger partial charge in [-0.15, -0.1) is 0 Å². The summed E-state index contributed by atoms with van der Waals surface area (Å²) in [6.45, 7) is 1.50. The molecule has 5 atom stereocenters. The van der Waals surface area contributed by atoms with Crippen LogP contribution < -0.4 is 5.73 Å². The summed E-state index contributed by atoms with van der Waals surface area (Å²) in [5, 5.41) is 24.8. The molecule has 138 valence electrons. The molecule has 2 aromatic rings. The second-order valence-electron chi connectivity index (χ2n) is 5.76. The van der Waals surface area contributed by atoms with Crippen LogP contribution in [0.4, 0.5) is 5.82 Å². The number of anilines is 1. The highest BCUT2D eigenvalue weighted by Gasteiger charge is 2.62. The lowest BCUT2D eigenvalue weighted by atomic mass is 9.92. The number of nitrogens with zero attached hydrogens (tertiary/aromatic N) is 4. The number of aliphatic hydroxyl groups is 1. The Bertz CT molecular complexity index is 994. The Kier molecular flexibility index (Phi) is 3.72. The van der Waals surface area contributed by atoms with Gasteiger partial charge in [0.15, 0.2) is 5.82 Å². The minimum atomic E-state index is -3.87. The third kappa shape index (κ3) is 2.35. The molecule has 0 bridgehead atoms. The highest BCUT2D eigenvalue weighted by Crippen LogP contribution is 2.57. The number of rotatable bonds is 3. The normalized spacial score (nSPS) is 37.3. The zero-order valence-corrected chi connectivity index (χ0v) is 14.5. The van der Waals surface area contributed by atoms with Gasteiger partial charge in [0.2, 0.25) is 5.60 Å². The summed E-state index contributed by atoms with van der Waals surface area (Å²) in [6.07, 6.45) is -2.39. The van der Waals surface area contributed by atoms with Crippen LogP contribution in [0, 0.1) is 11.3 Å². The molecule has 12 heteroatoms. The smallest absolute Gasteiger partial charge is 0.386 e. The van der Waals surface area contributed by atoms with E-state index in [1.54, 1.807) is 6.92 Å². The van der Waals surface area contributed by atoms with E-state index in [9.17, 15) is 14.9 Å². The predicted molar refractivity (Wildman–Crippen MR) is 85.6 cm³/mol.